The zero-order chi connectivity index (χ0) is 21.8. The number of amides is 2. The van der Waals surface area contributed by atoms with Crippen molar-refractivity contribution in [3.05, 3.63) is 41.7 Å². The van der Waals surface area contributed by atoms with Crippen LogP contribution in [0.3, 0.4) is 0 Å². The smallest absolute Gasteiger partial charge is 0.271 e. The number of carbonyl (C=O) groups is 2. The van der Waals surface area contributed by atoms with Gasteiger partial charge in [-0.2, -0.15) is 0 Å². The van der Waals surface area contributed by atoms with Gasteiger partial charge in [-0.15, -0.1) is 0 Å². The Morgan fingerprint density at radius 2 is 1.77 bits per heavy atom. The Morgan fingerprint density at radius 1 is 1.03 bits per heavy atom. The van der Waals surface area contributed by atoms with Gasteiger partial charge in [0.05, 0.1) is 6.20 Å². The lowest BCUT2D eigenvalue weighted by atomic mass is 10.1. The van der Waals surface area contributed by atoms with E-state index in [1.54, 1.807) is 18.3 Å². The molecule has 9 nitrogen and oxygen atoms in total. The molecule has 2 aromatic rings. The summed E-state index contributed by atoms with van der Waals surface area (Å²) in [5.41, 5.74) is 6.86. The molecule has 2 aliphatic heterocycles. The van der Waals surface area contributed by atoms with Crippen LogP contribution in [-0.2, 0) is 0 Å². The molecule has 0 aliphatic carbocycles. The molecule has 2 aliphatic rings. The number of nitrogens with zero attached hydrogens (tertiary/aromatic N) is 5. The largest absolute Gasteiger partial charge is 0.364 e. The molecule has 2 fully saturated rings. The van der Waals surface area contributed by atoms with Crippen LogP contribution >= 0.6 is 0 Å². The predicted molar refractivity (Wildman–Crippen MR) is 120 cm³/mol. The number of hydrogen-bond acceptors (Lipinski definition) is 7. The number of nitrogens with one attached hydrogen (secondary N) is 1. The second kappa shape index (κ2) is 9.30. The molecule has 164 valence electrons. The summed E-state index contributed by atoms with van der Waals surface area (Å²) in [7, 11) is 2.06. The van der Waals surface area contributed by atoms with Crippen LogP contribution in [0.2, 0.25) is 0 Å². The first-order valence-corrected chi connectivity index (χ1v) is 10.8. The molecular weight excluding hydrogens is 394 g/mol. The number of rotatable bonds is 5. The number of likely N-dealkylation sites (N-methyl/N-ethyl adjacent to an activating group) is 1. The van der Waals surface area contributed by atoms with E-state index in [9.17, 15) is 9.59 Å². The van der Waals surface area contributed by atoms with E-state index < -0.39 is 5.91 Å². The van der Waals surface area contributed by atoms with Gasteiger partial charge in [0.2, 0.25) is 0 Å². The highest BCUT2D eigenvalue weighted by atomic mass is 16.2. The van der Waals surface area contributed by atoms with Gasteiger partial charge in [-0.3, -0.25) is 9.59 Å². The summed E-state index contributed by atoms with van der Waals surface area (Å²) in [4.78, 5) is 40.0. The molecule has 9 heteroatoms. The number of carbonyl (C=O) groups excluding carboxylic acids is 2. The van der Waals surface area contributed by atoms with E-state index in [0.717, 1.165) is 44.8 Å². The van der Waals surface area contributed by atoms with Gasteiger partial charge in [0.15, 0.2) is 11.5 Å². The van der Waals surface area contributed by atoms with Gasteiger partial charge < -0.3 is 25.8 Å². The average molecular weight is 424 g/mol. The van der Waals surface area contributed by atoms with Crippen molar-refractivity contribution in [2.45, 2.75) is 19.3 Å². The maximum atomic E-state index is 12.9. The van der Waals surface area contributed by atoms with Crippen molar-refractivity contribution in [3.63, 3.8) is 0 Å². The lowest BCUT2D eigenvalue weighted by molar-refractivity contribution is 0.0664. The molecule has 2 saturated heterocycles. The van der Waals surface area contributed by atoms with Crippen LogP contribution in [0.5, 0.6) is 0 Å². The minimum atomic E-state index is -0.648. The first kappa shape index (κ1) is 21.0. The Kier molecular flexibility index (Phi) is 6.31. The molecule has 3 N–H and O–H groups in total. The molecule has 2 amide bonds. The van der Waals surface area contributed by atoms with Gasteiger partial charge >= 0.3 is 0 Å². The zero-order valence-corrected chi connectivity index (χ0v) is 17.9. The average Bonchev–Trinajstić information content (AvgIpc) is 2.80. The fourth-order valence-corrected chi connectivity index (χ4v) is 3.98. The molecule has 1 aromatic carbocycles. The lowest BCUT2D eigenvalue weighted by Gasteiger charge is -2.32. The van der Waals surface area contributed by atoms with E-state index in [4.69, 9.17) is 5.73 Å². The molecule has 0 atom stereocenters. The van der Waals surface area contributed by atoms with Crippen LogP contribution in [0, 0.1) is 0 Å². The van der Waals surface area contributed by atoms with E-state index in [2.05, 4.69) is 32.1 Å². The fourth-order valence-electron chi connectivity index (χ4n) is 3.98. The van der Waals surface area contributed by atoms with E-state index in [1.807, 2.05) is 17.0 Å². The molecule has 3 heterocycles. The first-order valence-electron chi connectivity index (χ1n) is 10.8. The van der Waals surface area contributed by atoms with Crippen molar-refractivity contribution in [2.24, 2.45) is 5.73 Å². The van der Waals surface area contributed by atoms with Crippen LogP contribution in [0.1, 0.15) is 40.1 Å². The Morgan fingerprint density at radius 3 is 2.48 bits per heavy atom. The van der Waals surface area contributed by atoms with Gasteiger partial charge in [-0.25, -0.2) is 9.97 Å². The first-order chi connectivity index (χ1) is 15.0. The Hall–Kier alpha value is -3.20. The van der Waals surface area contributed by atoms with Crippen molar-refractivity contribution in [1.29, 1.82) is 0 Å². The standard InChI is InChI=1S/C22H29N7O2/c1-27-10-12-29(13-11-27)22(31)16-6-5-7-17(14-16)25-21-19(20(23)30)24-15-18(26-21)28-8-3-2-4-9-28/h5-7,14-15H,2-4,8-13H2,1H3,(H2,23,30)(H,25,26). The number of nitrogens with two attached hydrogens (primary N) is 1. The second-order valence-electron chi connectivity index (χ2n) is 8.14. The molecule has 0 unspecified atom stereocenters. The molecular formula is C22H29N7O2. The Bertz CT molecular complexity index is 951. The summed E-state index contributed by atoms with van der Waals surface area (Å²) in [6.45, 7) is 4.98. The molecule has 0 radical (unpaired) electrons. The van der Waals surface area contributed by atoms with Crippen molar-refractivity contribution in [3.8, 4) is 0 Å². The van der Waals surface area contributed by atoms with Crippen LogP contribution in [0.15, 0.2) is 30.5 Å². The minimum absolute atomic E-state index is 0.0000244. The summed E-state index contributed by atoms with van der Waals surface area (Å²) in [6, 6.07) is 7.23. The summed E-state index contributed by atoms with van der Waals surface area (Å²) in [6.07, 6.45) is 5.03. The number of piperidine rings is 1. The molecule has 0 bridgehead atoms. The third kappa shape index (κ3) is 4.93. The fraction of sp³-hybridized carbons (Fsp3) is 0.455. The molecule has 0 saturated carbocycles. The SMILES string of the molecule is CN1CCN(C(=O)c2cccc(Nc3nc(N4CCCCC4)cnc3C(N)=O)c2)CC1. The summed E-state index contributed by atoms with van der Waals surface area (Å²) < 4.78 is 0. The Labute approximate surface area is 182 Å². The summed E-state index contributed by atoms with van der Waals surface area (Å²) in [5, 5.41) is 3.16. The van der Waals surface area contributed by atoms with E-state index in [0.29, 0.717) is 30.2 Å². The monoisotopic (exact) mass is 423 g/mol. The van der Waals surface area contributed by atoms with E-state index in [-0.39, 0.29) is 11.6 Å². The summed E-state index contributed by atoms with van der Waals surface area (Å²) >= 11 is 0. The minimum Gasteiger partial charge on any atom is -0.364 e. The highest BCUT2D eigenvalue weighted by molar-refractivity contribution is 5.97. The third-order valence-electron chi connectivity index (χ3n) is 5.84. The Balaban J connectivity index is 1.56. The number of aromatic nitrogens is 2. The number of benzene rings is 1. The van der Waals surface area contributed by atoms with Crippen LogP contribution in [0.25, 0.3) is 0 Å². The number of primary amides is 1. The molecule has 1 aromatic heterocycles. The van der Waals surface area contributed by atoms with Gasteiger partial charge in [0.25, 0.3) is 11.8 Å². The lowest BCUT2D eigenvalue weighted by Crippen LogP contribution is -2.47. The highest BCUT2D eigenvalue weighted by Gasteiger charge is 2.21. The quantitative estimate of drug-likeness (QED) is 0.754. The van der Waals surface area contributed by atoms with Gasteiger partial charge in [-0.05, 0) is 44.5 Å². The van der Waals surface area contributed by atoms with Crippen LogP contribution in [0.4, 0.5) is 17.3 Å². The number of piperazine rings is 1. The van der Waals surface area contributed by atoms with Gasteiger partial charge in [0.1, 0.15) is 5.82 Å². The van der Waals surface area contributed by atoms with Crippen LogP contribution in [-0.4, -0.2) is 77.9 Å². The maximum Gasteiger partial charge on any atom is 0.271 e. The normalized spacial score (nSPS) is 17.5. The van der Waals surface area contributed by atoms with Crippen molar-refractivity contribution >= 4 is 29.1 Å². The van der Waals surface area contributed by atoms with E-state index in [1.165, 1.54) is 6.42 Å². The predicted octanol–water partition coefficient (Wildman–Crippen LogP) is 1.70. The molecule has 0 spiro atoms. The zero-order valence-electron chi connectivity index (χ0n) is 17.9. The van der Waals surface area contributed by atoms with E-state index >= 15 is 0 Å². The summed E-state index contributed by atoms with van der Waals surface area (Å²) in [5.74, 6) is 0.376. The highest BCUT2D eigenvalue weighted by Crippen LogP contribution is 2.24. The number of hydrogen-bond donors (Lipinski definition) is 2. The van der Waals surface area contributed by atoms with Crippen LogP contribution < -0.4 is 16.0 Å². The molecule has 4 rings (SSSR count). The van der Waals surface area contributed by atoms with Crippen molar-refractivity contribution in [2.75, 3.05) is 56.5 Å². The third-order valence-corrected chi connectivity index (χ3v) is 5.84. The van der Waals surface area contributed by atoms with Crippen molar-refractivity contribution in [1.82, 2.24) is 19.8 Å². The van der Waals surface area contributed by atoms with Crippen molar-refractivity contribution < 1.29 is 9.59 Å². The topological polar surface area (TPSA) is 108 Å². The van der Waals surface area contributed by atoms with Gasteiger partial charge in [0, 0.05) is 50.5 Å². The second-order valence-corrected chi connectivity index (χ2v) is 8.14. The van der Waals surface area contributed by atoms with Gasteiger partial charge in [-0.1, -0.05) is 6.07 Å². The maximum absolute atomic E-state index is 12.9. The molecule has 31 heavy (non-hydrogen) atoms. The number of anilines is 3.